The van der Waals surface area contributed by atoms with E-state index in [1.165, 1.54) is 12.8 Å². The maximum Gasteiger partial charge on any atom is 0.185 e. The van der Waals surface area contributed by atoms with Crippen LogP contribution < -0.4 is 4.90 Å². The van der Waals surface area contributed by atoms with Gasteiger partial charge in [0.2, 0.25) is 0 Å². The largest absolute Gasteiger partial charge is 0.391 e. The number of aliphatic hydroxyl groups excluding tert-OH is 1. The molecule has 0 amide bonds. The monoisotopic (exact) mass is 256 g/mol. The summed E-state index contributed by atoms with van der Waals surface area (Å²) >= 11 is 1.59. The van der Waals surface area contributed by atoms with Gasteiger partial charge in [0.05, 0.1) is 23.8 Å². The topological polar surface area (TPSA) is 45.6 Å². The molecule has 0 saturated heterocycles. The molecular weight excluding hydrogens is 236 g/mol. The summed E-state index contributed by atoms with van der Waals surface area (Å²) in [5.74, 6) is 0.849. The summed E-state index contributed by atoms with van der Waals surface area (Å²) in [6.07, 6.45) is 2.69. The van der Waals surface area contributed by atoms with Gasteiger partial charge in [-0.15, -0.1) is 0 Å². The Balaban J connectivity index is 2.11. The molecule has 0 aromatic carbocycles. The van der Waals surface area contributed by atoms with Crippen LogP contribution in [0.4, 0.5) is 5.13 Å². The Morgan fingerprint density at radius 2 is 2.29 bits per heavy atom. The molecule has 96 valence electrons. The van der Waals surface area contributed by atoms with Gasteiger partial charge in [0.25, 0.3) is 0 Å². The Labute approximate surface area is 106 Å². The summed E-state index contributed by atoms with van der Waals surface area (Å²) in [5.41, 5.74) is 0.879. The SMILES string of the molecule is CCN(CC1CC1)c1nc(COC)c(CO)s1. The first-order valence-corrected chi connectivity index (χ1v) is 6.93. The number of anilines is 1. The van der Waals surface area contributed by atoms with Crippen LogP contribution in [0.2, 0.25) is 0 Å². The fraction of sp³-hybridized carbons (Fsp3) is 0.750. The standard InChI is InChI=1S/C12H20N2O2S/c1-3-14(6-9-4-5-9)12-13-10(8-16-2)11(7-15)17-12/h9,15H,3-8H2,1-2H3. The van der Waals surface area contributed by atoms with E-state index in [4.69, 9.17) is 4.74 Å². The molecule has 17 heavy (non-hydrogen) atoms. The highest BCUT2D eigenvalue weighted by Crippen LogP contribution is 2.33. The van der Waals surface area contributed by atoms with Gasteiger partial charge in [-0.25, -0.2) is 4.98 Å². The van der Waals surface area contributed by atoms with Crippen LogP contribution in [-0.2, 0) is 18.0 Å². The van der Waals surface area contributed by atoms with Crippen molar-refractivity contribution in [1.82, 2.24) is 4.98 Å². The second-order valence-electron chi connectivity index (χ2n) is 4.44. The van der Waals surface area contributed by atoms with Crippen LogP contribution in [0.1, 0.15) is 30.3 Å². The maximum absolute atomic E-state index is 9.30. The summed E-state index contributed by atoms with van der Waals surface area (Å²) < 4.78 is 5.11. The smallest absolute Gasteiger partial charge is 0.185 e. The average molecular weight is 256 g/mol. The first kappa shape index (κ1) is 12.8. The average Bonchev–Trinajstić information content (AvgIpc) is 3.07. The van der Waals surface area contributed by atoms with Crippen LogP contribution in [0.25, 0.3) is 0 Å². The first-order valence-electron chi connectivity index (χ1n) is 6.11. The zero-order chi connectivity index (χ0) is 12.3. The molecule has 0 aliphatic heterocycles. The molecule has 0 unspecified atom stereocenters. The lowest BCUT2D eigenvalue weighted by molar-refractivity contribution is 0.179. The molecule has 1 N–H and O–H groups in total. The van der Waals surface area contributed by atoms with Crippen LogP contribution >= 0.6 is 11.3 Å². The van der Waals surface area contributed by atoms with Gasteiger partial charge in [-0.1, -0.05) is 11.3 Å². The number of hydrogen-bond acceptors (Lipinski definition) is 5. The highest BCUT2D eigenvalue weighted by atomic mass is 32.1. The van der Waals surface area contributed by atoms with Crippen LogP contribution in [-0.4, -0.2) is 30.3 Å². The highest BCUT2D eigenvalue weighted by Gasteiger charge is 2.25. The molecular formula is C12H20N2O2S. The number of ether oxygens (including phenoxy) is 1. The molecule has 0 spiro atoms. The van der Waals surface area contributed by atoms with Gasteiger partial charge in [0, 0.05) is 20.2 Å². The van der Waals surface area contributed by atoms with E-state index in [0.29, 0.717) is 6.61 Å². The predicted octanol–water partition coefficient (Wildman–Crippen LogP) is 2.02. The van der Waals surface area contributed by atoms with E-state index in [9.17, 15) is 5.11 Å². The van der Waals surface area contributed by atoms with E-state index >= 15 is 0 Å². The van der Waals surface area contributed by atoms with Crippen molar-refractivity contribution in [1.29, 1.82) is 0 Å². The van der Waals surface area contributed by atoms with Crippen LogP contribution in [0, 0.1) is 5.92 Å². The fourth-order valence-corrected chi connectivity index (χ4v) is 2.83. The molecule has 4 nitrogen and oxygen atoms in total. The minimum Gasteiger partial charge on any atom is -0.391 e. The first-order chi connectivity index (χ1) is 8.28. The number of rotatable bonds is 7. The summed E-state index contributed by atoms with van der Waals surface area (Å²) in [6.45, 7) is 4.76. The van der Waals surface area contributed by atoms with Gasteiger partial charge in [-0.3, -0.25) is 0 Å². The Morgan fingerprint density at radius 1 is 1.53 bits per heavy atom. The van der Waals surface area contributed by atoms with Gasteiger partial charge < -0.3 is 14.7 Å². The minimum absolute atomic E-state index is 0.0529. The number of hydrogen-bond donors (Lipinski definition) is 1. The molecule has 1 aromatic heterocycles. The lowest BCUT2D eigenvalue weighted by atomic mass is 10.4. The van der Waals surface area contributed by atoms with Crippen molar-refractivity contribution >= 4 is 16.5 Å². The van der Waals surface area contributed by atoms with Gasteiger partial charge in [-0.2, -0.15) is 0 Å². The normalized spacial score (nSPS) is 15.2. The van der Waals surface area contributed by atoms with Crippen molar-refractivity contribution in [2.45, 2.75) is 33.0 Å². The van der Waals surface area contributed by atoms with Gasteiger partial charge in [0.15, 0.2) is 5.13 Å². The number of thiazole rings is 1. The van der Waals surface area contributed by atoms with Crippen LogP contribution in [0.5, 0.6) is 0 Å². The lowest BCUT2D eigenvalue weighted by Gasteiger charge is -2.19. The quantitative estimate of drug-likeness (QED) is 0.810. The molecule has 5 heteroatoms. The van der Waals surface area contributed by atoms with Crippen LogP contribution in [0.3, 0.4) is 0 Å². The molecule has 0 bridgehead atoms. The third kappa shape index (κ3) is 3.18. The van der Waals surface area contributed by atoms with E-state index in [0.717, 1.165) is 34.7 Å². The Bertz CT molecular complexity index is 363. The van der Waals surface area contributed by atoms with E-state index in [-0.39, 0.29) is 6.61 Å². The maximum atomic E-state index is 9.30. The highest BCUT2D eigenvalue weighted by molar-refractivity contribution is 7.15. The summed E-state index contributed by atoms with van der Waals surface area (Å²) in [5, 5.41) is 10.3. The molecule has 0 radical (unpaired) electrons. The lowest BCUT2D eigenvalue weighted by Crippen LogP contribution is -2.25. The number of aromatic nitrogens is 1. The Hall–Kier alpha value is -0.650. The Kier molecular flexibility index (Phi) is 4.36. The molecule has 2 rings (SSSR count). The third-order valence-electron chi connectivity index (χ3n) is 3.02. The zero-order valence-electron chi connectivity index (χ0n) is 10.5. The van der Waals surface area contributed by atoms with E-state index in [1.807, 2.05) is 0 Å². The van der Waals surface area contributed by atoms with E-state index in [1.54, 1.807) is 18.4 Å². The van der Waals surface area contributed by atoms with Crippen molar-refractivity contribution in [2.75, 3.05) is 25.1 Å². The Morgan fingerprint density at radius 3 is 2.82 bits per heavy atom. The van der Waals surface area contributed by atoms with Crippen molar-refractivity contribution < 1.29 is 9.84 Å². The van der Waals surface area contributed by atoms with Crippen molar-refractivity contribution in [2.24, 2.45) is 5.92 Å². The van der Waals surface area contributed by atoms with Crippen molar-refractivity contribution in [3.63, 3.8) is 0 Å². The van der Waals surface area contributed by atoms with Crippen LogP contribution in [0.15, 0.2) is 0 Å². The molecule has 1 aromatic rings. The van der Waals surface area contributed by atoms with Gasteiger partial charge in [-0.05, 0) is 25.7 Å². The van der Waals surface area contributed by atoms with Gasteiger partial charge >= 0.3 is 0 Å². The molecule has 1 fully saturated rings. The number of methoxy groups -OCH3 is 1. The second kappa shape index (κ2) is 5.80. The molecule has 1 saturated carbocycles. The second-order valence-corrected chi connectivity index (χ2v) is 5.50. The zero-order valence-corrected chi connectivity index (χ0v) is 11.3. The minimum atomic E-state index is 0.0529. The summed E-state index contributed by atoms with van der Waals surface area (Å²) in [7, 11) is 1.65. The van der Waals surface area contributed by atoms with Gasteiger partial charge in [0.1, 0.15) is 0 Å². The summed E-state index contributed by atoms with van der Waals surface area (Å²) in [6, 6.07) is 0. The van der Waals surface area contributed by atoms with E-state index in [2.05, 4.69) is 16.8 Å². The number of nitrogens with zero attached hydrogens (tertiary/aromatic N) is 2. The molecule has 1 aliphatic rings. The van der Waals surface area contributed by atoms with Crippen molar-refractivity contribution in [3.05, 3.63) is 10.6 Å². The summed E-state index contributed by atoms with van der Waals surface area (Å²) in [4.78, 5) is 7.82. The molecule has 0 atom stereocenters. The number of aliphatic hydroxyl groups is 1. The predicted molar refractivity (Wildman–Crippen MR) is 69.4 cm³/mol. The van der Waals surface area contributed by atoms with Crippen molar-refractivity contribution in [3.8, 4) is 0 Å². The molecule has 1 aliphatic carbocycles. The third-order valence-corrected chi connectivity index (χ3v) is 4.16. The van der Waals surface area contributed by atoms with E-state index < -0.39 is 0 Å². The molecule has 1 heterocycles. The fourth-order valence-electron chi connectivity index (χ4n) is 1.83.